The van der Waals surface area contributed by atoms with E-state index in [2.05, 4.69) is 5.32 Å². The van der Waals surface area contributed by atoms with Gasteiger partial charge in [-0.15, -0.1) is 11.3 Å². The van der Waals surface area contributed by atoms with Crippen molar-refractivity contribution in [2.24, 2.45) is 0 Å². The van der Waals surface area contributed by atoms with Crippen molar-refractivity contribution >= 4 is 29.2 Å². The molecule has 1 N–H and O–H groups in total. The number of carbonyl (C=O) groups excluding carboxylic acids is 3. The first kappa shape index (κ1) is 11.8. The minimum atomic E-state index is -0.630. The van der Waals surface area contributed by atoms with Crippen molar-refractivity contribution in [2.45, 2.75) is 26.8 Å². The van der Waals surface area contributed by atoms with Crippen LogP contribution in [0.15, 0.2) is 6.07 Å². The highest BCUT2D eigenvalue weighted by atomic mass is 32.1. The zero-order valence-electron chi connectivity index (χ0n) is 9.57. The molecule has 1 aromatic rings. The van der Waals surface area contributed by atoms with Crippen LogP contribution in [0.25, 0.3) is 0 Å². The number of rotatable bonds is 2. The molecule has 0 atom stereocenters. The van der Waals surface area contributed by atoms with Crippen LogP contribution in [0.5, 0.6) is 0 Å². The molecule has 90 valence electrons. The van der Waals surface area contributed by atoms with E-state index in [1.807, 2.05) is 19.9 Å². The maximum absolute atomic E-state index is 11.6. The van der Waals surface area contributed by atoms with Crippen molar-refractivity contribution in [3.8, 4) is 0 Å². The predicted octanol–water partition coefficient (Wildman–Crippen LogP) is 1.33. The molecule has 0 bridgehead atoms. The lowest BCUT2D eigenvalue weighted by atomic mass is 10.2. The fourth-order valence-electron chi connectivity index (χ4n) is 1.62. The van der Waals surface area contributed by atoms with Gasteiger partial charge in [-0.2, -0.15) is 0 Å². The van der Waals surface area contributed by atoms with E-state index in [0.717, 1.165) is 15.3 Å². The summed E-state index contributed by atoms with van der Waals surface area (Å²) in [6, 6.07) is 1.33. The maximum atomic E-state index is 11.6. The molecule has 5 nitrogen and oxygen atoms in total. The lowest BCUT2D eigenvalue weighted by Crippen LogP contribution is -2.52. The molecule has 17 heavy (non-hydrogen) atoms. The van der Waals surface area contributed by atoms with E-state index in [1.165, 1.54) is 4.88 Å². The summed E-state index contributed by atoms with van der Waals surface area (Å²) in [6.07, 6.45) is -0.255. The average molecular weight is 252 g/mol. The van der Waals surface area contributed by atoms with E-state index in [0.29, 0.717) is 0 Å². The van der Waals surface area contributed by atoms with Crippen LogP contribution in [-0.2, 0) is 16.1 Å². The highest BCUT2D eigenvalue weighted by Crippen LogP contribution is 2.22. The molecule has 1 saturated heterocycles. The van der Waals surface area contributed by atoms with Gasteiger partial charge in [-0.3, -0.25) is 19.8 Å². The number of barbiturate groups is 1. The Kier molecular flexibility index (Phi) is 2.97. The second-order valence-electron chi connectivity index (χ2n) is 3.96. The van der Waals surface area contributed by atoms with Crippen LogP contribution in [-0.4, -0.2) is 22.7 Å². The molecule has 4 amide bonds. The van der Waals surface area contributed by atoms with Gasteiger partial charge in [0.15, 0.2) is 0 Å². The zero-order valence-corrected chi connectivity index (χ0v) is 10.4. The predicted molar refractivity (Wildman–Crippen MR) is 62.5 cm³/mol. The van der Waals surface area contributed by atoms with E-state index in [-0.39, 0.29) is 13.0 Å². The normalized spacial score (nSPS) is 16.4. The summed E-state index contributed by atoms with van der Waals surface area (Å²) in [5.41, 5.74) is 1.14. The molecule has 0 spiro atoms. The van der Waals surface area contributed by atoms with Crippen LogP contribution < -0.4 is 5.32 Å². The van der Waals surface area contributed by atoms with E-state index in [9.17, 15) is 14.4 Å². The van der Waals surface area contributed by atoms with E-state index in [4.69, 9.17) is 0 Å². The molecule has 2 heterocycles. The van der Waals surface area contributed by atoms with Crippen LogP contribution in [0.3, 0.4) is 0 Å². The molecule has 0 radical (unpaired) electrons. The molecule has 0 aliphatic carbocycles. The van der Waals surface area contributed by atoms with Gasteiger partial charge in [-0.1, -0.05) is 0 Å². The zero-order chi connectivity index (χ0) is 12.6. The van der Waals surface area contributed by atoms with Gasteiger partial charge >= 0.3 is 6.03 Å². The fraction of sp³-hybridized carbons (Fsp3) is 0.364. The molecule has 1 fully saturated rings. The number of thiophene rings is 1. The lowest BCUT2D eigenvalue weighted by molar-refractivity contribution is -0.136. The average Bonchev–Trinajstić information content (AvgIpc) is 2.52. The minimum Gasteiger partial charge on any atom is -0.277 e. The van der Waals surface area contributed by atoms with Gasteiger partial charge in [0.05, 0.1) is 6.54 Å². The smallest absolute Gasteiger partial charge is 0.277 e. The summed E-state index contributed by atoms with van der Waals surface area (Å²) < 4.78 is 0. The molecular weight excluding hydrogens is 240 g/mol. The van der Waals surface area contributed by atoms with E-state index >= 15 is 0 Å². The van der Waals surface area contributed by atoms with Crippen molar-refractivity contribution in [2.75, 3.05) is 0 Å². The first-order valence-corrected chi connectivity index (χ1v) is 5.99. The monoisotopic (exact) mass is 252 g/mol. The van der Waals surface area contributed by atoms with Crippen LogP contribution >= 0.6 is 11.3 Å². The number of urea groups is 1. The summed E-state index contributed by atoms with van der Waals surface area (Å²) in [5, 5.41) is 2.13. The SMILES string of the molecule is Cc1cc(CN2C(=O)CC(=O)NC2=O)sc1C. The Bertz CT molecular complexity index is 467. The summed E-state index contributed by atoms with van der Waals surface area (Å²) >= 11 is 1.55. The van der Waals surface area contributed by atoms with Crippen molar-refractivity contribution in [3.05, 3.63) is 21.4 Å². The Hall–Kier alpha value is -1.69. The Morgan fingerprint density at radius 3 is 2.59 bits per heavy atom. The van der Waals surface area contributed by atoms with Crippen LogP contribution in [0.1, 0.15) is 21.7 Å². The Morgan fingerprint density at radius 1 is 1.35 bits per heavy atom. The molecule has 0 saturated carbocycles. The number of amides is 4. The third-order valence-corrected chi connectivity index (χ3v) is 3.77. The quantitative estimate of drug-likeness (QED) is 0.807. The number of nitrogens with zero attached hydrogens (tertiary/aromatic N) is 1. The minimum absolute atomic E-state index is 0.233. The molecule has 6 heteroatoms. The van der Waals surface area contributed by atoms with Gasteiger partial charge in [-0.05, 0) is 25.5 Å². The van der Waals surface area contributed by atoms with Gasteiger partial charge in [-0.25, -0.2) is 4.79 Å². The topological polar surface area (TPSA) is 66.5 Å². The summed E-state index contributed by atoms with van der Waals surface area (Å²) in [5.74, 6) is -0.975. The van der Waals surface area contributed by atoms with Crippen molar-refractivity contribution in [3.63, 3.8) is 0 Å². The molecule has 1 aliphatic heterocycles. The van der Waals surface area contributed by atoms with Gasteiger partial charge < -0.3 is 0 Å². The number of nitrogens with one attached hydrogen (secondary N) is 1. The maximum Gasteiger partial charge on any atom is 0.331 e. The summed E-state index contributed by atoms with van der Waals surface area (Å²) in [6.45, 7) is 4.21. The Balaban J connectivity index is 2.15. The second-order valence-corrected chi connectivity index (χ2v) is 5.30. The molecule has 0 aromatic carbocycles. The number of hydrogen-bond donors (Lipinski definition) is 1. The number of carbonyl (C=O) groups is 3. The molecule has 0 unspecified atom stereocenters. The summed E-state index contributed by atoms with van der Waals surface area (Å²) in [4.78, 5) is 37.2. The number of imide groups is 2. The second kappa shape index (κ2) is 4.29. The molecule has 1 aromatic heterocycles. The molecule has 1 aliphatic rings. The number of aryl methyl sites for hydroxylation is 2. The third kappa shape index (κ3) is 2.36. The fourth-order valence-corrected chi connectivity index (χ4v) is 2.66. The standard InChI is InChI=1S/C11H12N2O3S/c1-6-3-8(17-7(6)2)5-13-10(15)4-9(14)12-11(13)16/h3H,4-5H2,1-2H3,(H,12,14,16). The van der Waals surface area contributed by atoms with Gasteiger partial charge in [0, 0.05) is 9.75 Å². The summed E-state index contributed by atoms with van der Waals surface area (Å²) in [7, 11) is 0. The van der Waals surface area contributed by atoms with Crippen LogP contribution in [0, 0.1) is 13.8 Å². The van der Waals surface area contributed by atoms with E-state index < -0.39 is 17.8 Å². The van der Waals surface area contributed by atoms with Crippen molar-refractivity contribution in [1.82, 2.24) is 10.2 Å². The van der Waals surface area contributed by atoms with Crippen molar-refractivity contribution in [1.29, 1.82) is 0 Å². The van der Waals surface area contributed by atoms with Gasteiger partial charge in [0.2, 0.25) is 11.8 Å². The Labute approximate surface area is 102 Å². The first-order chi connectivity index (χ1) is 7.97. The molecule has 2 rings (SSSR count). The van der Waals surface area contributed by atoms with E-state index in [1.54, 1.807) is 11.3 Å². The molecular formula is C11H12N2O3S. The lowest BCUT2D eigenvalue weighted by Gasteiger charge is -2.23. The van der Waals surface area contributed by atoms with Crippen LogP contribution in [0.2, 0.25) is 0 Å². The van der Waals surface area contributed by atoms with Crippen LogP contribution in [0.4, 0.5) is 4.79 Å². The Morgan fingerprint density at radius 2 is 2.06 bits per heavy atom. The van der Waals surface area contributed by atoms with Gasteiger partial charge in [0.1, 0.15) is 6.42 Å². The van der Waals surface area contributed by atoms with Crippen molar-refractivity contribution < 1.29 is 14.4 Å². The first-order valence-electron chi connectivity index (χ1n) is 5.17. The number of hydrogen-bond acceptors (Lipinski definition) is 4. The largest absolute Gasteiger partial charge is 0.331 e. The van der Waals surface area contributed by atoms with Gasteiger partial charge in [0.25, 0.3) is 0 Å². The highest BCUT2D eigenvalue weighted by Gasteiger charge is 2.30. The third-order valence-electron chi connectivity index (χ3n) is 2.64. The highest BCUT2D eigenvalue weighted by molar-refractivity contribution is 7.12.